The van der Waals surface area contributed by atoms with Crippen LogP contribution in [0.4, 0.5) is 5.69 Å². The first-order chi connectivity index (χ1) is 14.3. The Morgan fingerprint density at radius 3 is 2.30 bits per heavy atom. The maximum atomic E-state index is 12.1. The number of hydrogen-bond acceptors (Lipinski definition) is 3. The summed E-state index contributed by atoms with van der Waals surface area (Å²) in [7, 11) is 0. The topological polar surface area (TPSA) is 75.5 Å². The van der Waals surface area contributed by atoms with Gasteiger partial charge in [0.1, 0.15) is 0 Å². The minimum atomic E-state index is -0.857. The van der Waals surface area contributed by atoms with Crippen molar-refractivity contribution in [1.82, 2.24) is 9.99 Å². The van der Waals surface area contributed by atoms with Gasteiger partial charge >= 0.3 is 11.8 Å². The van der Waals surface area contributed by atoms with Gasteiger partial charge in [0.05, 0.1) is 6.21 Å². The van der Waals surface area contributed by atoms with Crippen LogP contribution in [0.3, 0.4) is 0 Å². The number of nitrogens with zero attached hydrogens (tertiary/aromatic N) is 2. The number of hydrogen-bond donors (Lipinski definition) is 2. The maximum Gasteiger partial charge on any atom is 0.329 e. The van der Waals surface area contributed by atoms with Crippen LogP contribution in [0, 0.1) is 20.8 Å². The Bertz CT molecular complexity index is 1130. The summed E-state index contributed by atoms with van der Waals surface area (Å²) < 4.78 is 1.98. The fourth-order valence-electron chi connectivity index (χ4n) is 3.09. The number of anilines is 1. The molecule has 3 rings (SSSR count). The lowest BCUT2D eigenvalue weighted by atomic mass is 10.2. The Hall–Kier alpha value is -3.09. The Labute approximate surface area is 184 Å². The van der Waals surface area contributed by atoms with Gasteiger partial charge in [-0.3, -0.25) is 9.59 Å². The highest BCUT2D eigenvalue weighted by Gasteiger charge is 2.14. The van der Waals surface area contributed by atoms with Gasteiger partial charge < -0.3 is 9.88 Å². The Kier molecular flexibility index (Phi) is 6.59. The fraction of sp³-hybridized carbons (Fsp3) is 0.136. The molecule has 30 heavy (non-hydrogen) atoms. The average Bonchev–Trinajstić information content (AvgIpc) is 2.96. The predicted molar refractivity (Wildman–Crippen MR) is 121 cm³/mol. The van der Waals surface area contributed by atoms with E-state index in [1.807, 2.05) is 55.7 Å². The molecule has 0 spiro atoms. The normalized spacial score (nSPS) is 11.0. The molecule has 0 bridgehead atoms. The zero-order valence-electron chi connectivity index (χ0n) is 16.7. The number of hydrazone groups is 1. The van der Waals surface area contributed by atoms with Gasteiger partial charge in [-0.2, -0.15) is 5.10 Å². The van der Waals surface area contributed by atoms with E-state index in [9.17, 15) is 9.59 Å². The van der Waals surface area contributed by atoms with Crippen molar-refractivity contribution in [3.63, 3.8) is 0 Å². The van der Waals surface area contributed by atoms with E-state index in [4.69, 9.17) is 23.2 Å². The maximum absolute atomic E-state index is 12.1. The van der Waals surface area contributed by atoms with Crippen LogP contribution in [-0.2, 0) is 9.59 Å². The molecule has 1 aromatic heterocycles. The molecule has 0 radical (unpaired) electrons. The molecule has 0 saturated carbocycles. The monoisotopic (exact) mass is 442 g/mol. The zero-order chi connectivity index (χ0) is 21.8. The number of nitrogens with one attached hydrogen (secondary N) is 2. The van der Waals surface area contributed by atoms with Crippen LogP contribution in [0.25, 0.3) is 5.69 Å². The molecule has 0 aliphatic rings. The molecule has 0 fully saturated rings. The molecule has 0 atom stereocenters. The number of halogens is 2. The van der Waals surface area contributed by atoms with E-state index < -0.39 is 11.8 Å². The van der Waals surface area contributed by atoms with Crippen molar-refractivity contribution in [3.05, 3.63) is 81.1 Å². The molecule has 0 aliphatic carbocycles. The summed E-state index contributed by atoms with van der Waals surface area (Å²) in [5.41, 5.74) is 7.11. The van der Waals surface area contributed by atoms with Crippen molar-refractivity contribution < 1.29 is 9.59 Å². The summed E-state index contributed by atoms with van der Waals surface area (Å²) in [5.74, 6) is -1.65. The predicted octanol–water partition coefficient (Wildman–Crippen LogP) is 4.80. The van der Waals surface area contributed by atoms with Crippen LogP contribution < -0.4 is 10.7 Å². The summed E-state index contributed by atoms with van der Waals surface area (Å²) in [6.07, 6.45) is 1.49. The lowest BCUT2D eigenvalue weighted by molar-refractivity contribution is -0.136. The van der Waals surface area contributed by atoms with E-state index in [-0.39, 0.29) is 0 Å². The van der Waals surface area contributed by atoms with Gasteiger partial charge in [0, 0.05) is 38.4 Å². The number of benzene rings is 2. The van der Waals surface area contributed by atoms with Gasteiger partial charge in [0.2, 0.25) is 0 Å². The molecule has 6 nitrogen and oxygen atoms in total. The highest BCUT2D eigenvalue weighted by molar-refractivity contribution is 6.39. The van der Waals surface area contributed by atoms with E-state index in [2.05, 4.69) is 15.8 Å². The molecule has 2 amide bonds. The van der Waals surface area contributed by atoms with Gasteiger partial charge in [0.15, 0.2) is 0 Å². The third-order valence-electron chi connectivity index (χ3n) is 4.55. The van der Waals surface area contributed by atoms with E-state index in [0.717, 1.165) is 28.2 Å². The number of amides is 2. The summed E-state index contributed by atoms with van der Waals surface area (Å²) in [5, 5.41) is 7.55. The first-order valence-corrected chi connectivity index (χ1v) is 9.87. The molecule has 2 N–H and O–H groups in total. The fourth-order valence-corrected chi connectivity index (χ4v) is 3.60. The molecule has 3 aromatic rings. The average molecular weight is 443 g/mol. The molecule has 8 heteroatoms. The summed E-state index contributed by atoms with van der Waals surface area (Å²) >= 11 is 12.2. The van der Waals surface area contributed by atoms with E-state index >= 15 is 0 Å². The molecular formula is C22H20Cl2N4O2. The quantitative estimate of drug-likeness (QED) is 0.345. The minimum absolute atomic E-state index is 0.534. The molecule has 2 aromatic carbocycles. The van der Waals surface area contributed by atoms with Crippen LogP contribution in [0.5, 0.6) is 0 Å². The van der Waals surface area contributed by atoms with Gasteiger partial charge in [-0.05, 0) is 56.7 Å². The van der Waals surface area contributed by atoms with Crippen molar-refractivity contribution in [2.45, 2.75) is 20.8 Å². The van der Waals surface area contributed by atoms with Crippen LogP contribution in [-0.4, -0.2) is 22.6 Å². The smallest absolute Gasteiger partial charge is 0.318 e. The summed E-state index contributed by atoms with van der Waals surface area (Å²) in [6, 6.07) is 14.4. The molecule has 1 heterocycles. The van der Waals surface area contributed by atoms with Crippen molar-refractivity contribution in [3.8, 4) is 5.69 Å². The molecule has 154 valence electrons. The van der Waals surface area contributed by atoms with Crippen LogP contribution >= 0.6 is 23.2 Å². The summed E-state index contributed by atoms with van der Waals surface area (Å²) in [4.78, 5) is 24.1. The van der Waals surface area contributed by atoms with Crippen LogP contribution in [0.2, 0.25) is 10.0 Å². The number of para-hydroxylation sites is 1. The van der Waals surface area contributed by atoms with Crippen molar-refractivity contribution in [1.29, 1.82) is 0 Å². The number of aryl methyl sites for hydroxylation is 2. The molecular weight excluding hydrogens is 423 g/mol. The highest BCUT2D eigenvalue weighted by atomic mass is 35.5. The van der Waals surface area contributed by atoms with E-state index in [1.165, 1.54) is 6.21 Å². The molecule has 0 aliphatic heterocycles. The van der Waals surface area contributed by atoms with Gasteiger partial charge in [-0.15, -0.1) is 0 Å². The Morgan fingerprint density at radius 2 is 1.63 bits per heavy atom. The van der Waals surface area contributed by atoms with E-state index in [0.29, 0.717) is 15.7 Å². The standard InChI is InChI=1S/C22H20Cl2N4O2/c1-13-6-4-5-7-20(13)26-21(29)22(30)27-25-12-16-8-14(2)28(15(16)3)19-10-17(23)9-18(24)11-19/h4-12H,1-3H3,(H,26,29)(H,27,30)/b25-12-. The number of aromatic nitrogens is 1. The second-order valence-electron chi connectivity index (χ2n) is 6.76. The molecule has 0 unspecified atom stereocenters. The van der Waals surface area contributed by atoms with Gasteiger partial charge in [-0.1, -0.05) is 41.4 Å². The highest BCUT2D eigenvalue weighted by Crippen LogP contribution is 2.26. The lowest BCUT2D eigenvalue weighted by Gasteiger charge is -2.10. The second kappa shape index (κ2) is 9.15. The first-order valence-electron chi connectivity index (χ1n) is 9.11. The zero-order valence-corrected chi connectivity index (χ0v) is 18.2. The third kappa shape index (κ3) is 4.90. The lowest BCUT2D eigenvalue weighted by Crippen LogP contribution is -2.32. The third-order valence-corrected chi connectivity index (χ3v) is 4.98. The second-order valence-corrected chi connectivity index (χ2v) is 7.63. The number of carbonyl (C=O) groups excluding carboxylic acids is 2. The number of rotatable bonds is 4. The molecule has 0 saturated heterocycles. The Morgan fingerprint density at radius 1 is 0.967 bits per heavy atom. The van der Waals surface area contributed by atoms with Crippen molar-refractivity contribution >= 4 is 46.9 Å². The van der Waals surface area contributed by atoms with Gasteiger partial charge in [0.25, 0.3) is 0 Å². The number of carbonyl (C=O) groups is 2. The first kappa shape index (κ1) is 21.6. The van der Waals surface area contributed by atoms with E-state index in [1.54, 1.807) is 18.2 Å². The van der Waals surface area contributed by atoms with Gasteiger partial charge in [-0.25, -0.2) is 5.43 Å². The van der Waals surface area contributed by atoms with Crippen LogP contribution in [0.1, 0.15) is 22.5 Å². The van der Waals surface area contributed by atoms with Crippen LogP contribution in [0.15, 0.2) is 53.6 Å². The Balaban J connectivity index is 1.71. The van der Waals surface area contributed by atoms with Crippen molar-refractivity contribution in [2.24, 2.45) is 5.10 Å². The van der Waals surface area contributed by atoms with Crippen molar-refractivity contribution in [2.75, 3.05) is 5.32 Å². The SMILES string of the molecule is Cc1ccccc1NC(=O)C(=O)N/N=C\c1cc(C)n(-c2cc(Cl)cc(Cl)c2)c1C. The summed E-state index contributed by atoms with van der Waals surface area (Å²) in [6.45, 7) is 5.69. The minimum Gasteiger partial charge on any atom is -0.318 e. The largest absolute Gasteiger partial charge is 0.329 e.